The van der Waals surface area contributed by atoms with E-state index in [1.807, 2.05) is 6.92 Å². The van der Waals surface area contributed by atoms with Crippen LogP contribution >= 0.6 is 0 Å². The van der Waals surface area contributed by atoms with Crippen LogP contribution in [0, 0.1) is 17.5 Å². The van der Waals surface area contributed by atoms with Gasteiger partial charge in [0.1, 0.15) is 23.0 Å². The lowest BCUT2D eigenvalue weighted by Gasteiger charge is -2.30. The number of halogens is 3. The number of nitrogens with one attached hydrogen (secondary N) is 1. The van der Waals surface area contributed by atoms with E-state index in [1.54, 1.807) is 0 Å². The van der Waals surface area contributed by atoms with Crippen LogP contribution in [0.25, 0.3) is 0 Å². The van der Waals surface area contributed by atoms with E-state index in [1.165, 1.54) is 9.47 Å². The minimum absolute atomic E-state index is 0.229. The summed E-state index contributed by atoms with van der Waals surface area (Å²) in [6.07, 6.45) is 1.69. The van der Waals surface area contributed by atoms with Gasteiger partial charge >= 0.3 is 0 Å². The van der Waals surface area contributed by atoms with Gasteiger partial charge in [0.25, 0.3) is 11.8 Å². The Morgan fingerprint density at radius 2 is 1.84 bits per heavy atom. The number of benzene rings is 1. The molecule has 0 unspecified atom stereocenters. The molecule has 1 aromatic heterocycles. The van der Waals surface area contributed by atoms with Crippen LogP contribution in [-0.2, 0) is 13.1 Å². The molecule has 1 aliphatic rings. The molecule has 2 N–H and O–H groups in total. The van der Waals surface area contributed by atoms with Crippen molar-refractivity contribution in [2.75, 3.05) is 13.1 Å². The monoisotopic (exact) mass is 435 g/mol. The van der Waals surface area contributed by atoms with Crippen molar-refractivity contribution in [3.05, 3.63) is 75.0 Å². The summed E-state index contributed by atoms with van der Waals surface area (Å²) in [6.45, 7) is 5.85. The number of carbonyl (C=O) groups excluding carboxylic acids is 2. The number of carbonyl (C=O) groups is 2. The van der Waals surface area contributed by atoms with E-state index in [0.29, 0.717) is 31.6 Å². The molecule has 0 fully saturated rings. The van der Waals surface area contributed by atoms with Crippen LogP contribution < -0.4 is 10.7 Å². The van der Waals surface area contributed by atoms with E-state index in [4.69, 9.17) is 0 Å². The molecule has 0 spiro atoms. The van der Waals surface area contributed by atoms with Crippen molar-refractivity contribution >= 4 is 11.8 Å². The second-order valence-corrected chi connectivity index (χ2v) is 7.29. The number of nitrogens with zero attached hydrogens (tertiary/aromatic N) is 2. The fraction of sp³-hybridized carbons (Fsp3) is 0.286. The molecule has 0 saturated carbocycles. The third kappa shape index (κ3) is 4.47. The van der Waals surface area contributed by atoms with Crippen LogP contribution in [0.1, 0.15) is 39.8 Å². The average molecular weight is 435 g/mol. The number of hydrogen-bond donors (Lipinski definition) is 2. The minimum atomic E-state index is -1.19. The molecule has 3 rings (SSSR count). The van der Waals surface area contributed by atoms with Gasteiger partial charge in [-0.1, -0.05) is 5.57 Å². The Morgan fingerprint density at radius 1 is 1.19 bits per heavy atom. The number of aromatic nitrogens is 1. The zero-order chi connectivity index (χ0) is 22.9. The maximum Gasteiger partial charge on any atom is 0.274 e. The molecule has 2 amide bonds. The van der Waals surface area contributed by atoms with Gasteiger partial charge in [-0.05, 0) is 13.3 Å². The Kier molecular flexibility index (Phi) is 6.19. The van der Waals surface area contributed by atoms with Crippen molar-refractivity contribution in [2.24, 2.45) is 0 Å². The lowest BCUT2D eigenvalue weighted by atomic mass is 10.1. The molecule has 2 heterocycles. The predicted octanol–water partition coefficient (Wildman–Crippen LogP) is 2.32. The fourth-order valence-electron chi connectivity index (χ4n) is 3.24. The summed E-state index contributed by atoms with van der Waals surface area (Å²) >= 11 is 0. The molecule has 1 aliphatic heterocycles. The van der Waals surface area contributed by atoms with E-state index in [-0.39, 0.29) is 12.2 Å². The van der Waals surface area contributed by atoms with Crippen LogP contribution in [0.2, 0.25) is 0 Å². The summed E-state index contributed by atoms with van der Waals surface area (Å²) in [5, 5.41) is 12.5. The van der Waals surface area contributed by atoms with Crippen LogP contribution in [0.15, 0.2) is 35.3 Å². The van der Waals surface area contributed by atoms with Gasteiger partial charge < -0.3 is 19.9 Å². The summed E-state index contributed by atoms with van der Waals surface area (Å²) in [5.74, 6) is -5.92. The van der Waals surface area contributed by atoms with Gasteiger partial charge in [0.05, 0.1) is 0 Å². The highest BCUT2D eigenvalue weighted by molar-refractivity contribution is 5.99. The quantitative estimate of drug-likeness (QED) is 0.682. The smallest absolute Gasteiger partial charge is 0.274 e. The first-order valence-electron chi connectivity index (χ1n) is 9.41. The normalized spacial score (nSPS) is 13.2. The zero-order valence-electron chi connectivity index (χ0n) is 16.7. The Balaban J connectivity index is 1.84. The Labute approximate surface area is 175 Å². The highest BCUT2D eigenvalue weighted by Crippen LogP contribution is 2.21. The zero-order valence-corrected chi connectivity index (χ0v) is 16.7. The lowest BCUT2D eigenvalue weighted by molar-refractivity contribution is 0.0697. The molecule has 0 aliphatic carbocycles. The summed E-state index contributed by atoms with van der Waals surface area (Å²) in [6, 6.07) is 0.935. The molecular weight excluding hydrogens is 415 g/mol. The molecular formula is C21H20F3N3O4. The Morgan fingerprint density at radius 3 is 2.45 bits per heavy atom. The molecule has 10 heteroatoms. The second-order valence-electron chi connectivity index (χ2n) is 7.29. The highest BCUT2D eigenvalue weighted by Gasteiger charge is 2.30. The van der Waals surface area contributed by atoms with Gasteiger partial charge in [0, 0.05) is 50.1 Å². The standard InChI is InChI=1S/C21H20F3N3O4/c1-11(2)3-4-26-5-6-27-10-14(18(28)19(29)17(27)21(26)31)20(30)25-9-13-15(23)7-12(22)8-16(13)24/h7-8,10,29H,1,3-6,9H2,2H3,(H,25,30). The first kappa shape index (κ1) is 22.1. The summed E-state index contributed by atoms with van der Waals surface area (Å²) < 4.78 is 41.8. The van der Waals surface area contributed by atoms with Crippen molar-refractivity contribution in [3.63, 3.8) is 0 Å². The lowest BCUT2D eigenvalue weighted by Crippen LogP contribution is -2.43. The van der Waals surface area contributed by atoms with E-state index in [9.17, 15) is 32.7 Å². The SMILES string of the molecule is C=C(C)CCN1CCn2cc(C(=O)NCc3c(F)cc(F)cc3F)c(=O)c(O)c2C1=O. The molecule has 0 radical (unpaired) electrons. The number of amides is 2. The number of aromatic hydroxyl groups is 1. The second kappa shape index (κ2) is 8.66. The largest absolute Gasteiger partial charge is 0.503 e. The third-order valence-electron chi connectivity index (χ3n) is 4.94. The van der Waals surface area contributed by atoms with Crippen LogP contribution in [0.3, 0.4) is 0 Å². The van der Waals surface area contributed by atoms with Gasteiger partial charge in [0.15, 0.2) is 11.4 Å². The molecule has 0 atom stereocenters. The van der Waals surface area contributed by atoms with Crippen molar-refractivity contribution in [3.8, 4) is 5.75 Å². The molecule has 0 bridgehead atoms. The van der Waals surface area contributed by atoms with Crippen molar-refractivity contribution in [2.45, 2.75) is 26.4 Å². The van der Waals surface area contributed by atoms with Crippen LogP contribution in [0.5, 0.6) is 5.75 Å². The molecule has 2 aromatic rings. The van der Waals surface area contributed by atoms with Crippen LogP contribution in [0.4, 0.5) is 13.2 Å². The maximum absolute atomic E-state index is 13.7. The molecule has 1 aromatic carbocycles. The third-order valence-corrected chi connectivity index (χ3v) is 4.94. The Bertz CT molecular complexity index is 1120. The van der Waals surface area contributed by atoms with Gasteiger partial charge in [-0.15, -0.1) is 6.58 Å². The van der Waals surface area contributed by atoms with E-state index in [2.05, 4.69) is 11.9 Å². The fourth-order valence-corrected chi connectivity index (χ4v) is 3.24. The number of pyridine rings is 1. The molecule has 7 nitrogen and oxygen atoms in total. The van der Waals surface area contributed by atoms with E-state index < -0.39 is 58.1 Å². The van der Waals surface area contributed by atoms with Gasteiger partial charge in [0.2, 0.25) is 5.43 Å². The predicted molar refractivity (Wildman–Crippen MR) is 105 cm³/mol. The summed E-state index contributed by atoms with van der Waals surface area (Å²) in [7, 11) is 0. The molecule has 164 valence electrons. The first-order chi connectivity index (χ1) is 14.6. The highest BCUT2D eigenvalue weighted by atomic mass is 19.1. The Hall–Kier alpha value is -3.56. The average Bonchev–Trinajstić information content (AvgIpc) is 2.68. The maximum atomic E-state index is 13.7. The number of hydrogen-bond acceptors (Lipinski definition) is 4. The van der Waals surface area contributed by atoms with Crippen molar-refractivity contribution in [1.29, 1.82) is 0 Å². The van der Waals surface area contributed by atoms with Gasteiger partial charge in [-0.3, -0.25) is 14.4 Å². The molecule has 0 saturated heterocycles. The van der Waals surface area contributed by atoms with Crippen LogP contribution in [-0.4, -0.2) is 39.5 Å². The summed E-state index contributed by atoms with van der Waals surface area (Å²) in [5.41, 5.74) is -1.52. The van der Waals surface area contributed by atoms with Crippen molar-refractivity contribution < 1.29 is 27.9 Å². The van der Waals surface area contributed by atoms with Gasteiger partial charge in [-0.25, -0.2) is 13.2 Å². The number of fused-ring (bicyclic) bond motifs is 1. The van der Waals surface area contributed by atoms with E-state index >= 15 is 0 Å². The summed E-state index contributed by atoms with van der Waals surface area (Å²) in [4.78, 5) is 39.0. The topological polar surface area (TPSA) is 91.6 Å². The first-order valence-corrected chi connectivity index (χ1v) is 9.41. The molecule has 31 heavy (non-hydrogen) atoms. The van der Waals surface area contributed by atoms with E-state index in [0.717, 1.165) is 11.8 Å². The number of rotatable bonds is 6. The minimum Gasteiger partial charge on any atom is -0.503 e. The van der Waals surface area contributed by atoms with Crippen molar-refractivity contribution in [1.82, 2.24) is 14.8 Å². The van der Waals surface area contributed by atoms with Gasteiger partial charge in [-0.2, -0.15) is 0 Å².